The Balaban J connectivity index is 2.13. The first-order valence-electron chi connectivity index (χ1n) is 4.79. The van der Waals surface area contributed by atoms with Crippen molar-refractivity contribution < 1.29 is 4.79 Å². The van der Waals surface area contributed by atoms with Gasteiger partial charge in [-0.1, -0.05) is 6.08 Å². The molecule has 2 aromatic heterocycles. The lowest BCUT2D eigenvalue weighted by atomic mass is 10.4. The third-order valence-corrected chi connectivity index (χ3v) is 2.81. The molecule has 2 rings (SSSR count). The van der Waals surface area contributed by atoms with Gasteiger partial charge in [-0.05, 0) is 12.1 Å². The third kappa shape index (κ3) is 2.20. The molecule has 82 valence electrons. The molecule has 0 spiro atoms. The molecule has 0 aliphatic carbocycles. The summed E-state index contributed by atoms with van der Waals surface area (Å²) in [7, 11) is 0. The van der Waals surface area contributed by atoms with Gasteiger partial charge in [-0.15, -0.1) is 17.9 Å². The van der Waals surface area contributed by atoms with Gasteiger partial charge in [-0.3, -0.25) is 4.79 Å². The number of aromatic nitrogens is 2. The SMILES string of the molecule is C=CCNC(=O)c1csc(-n2cccc2)n1. The Hall–Kier alpha value is -1.88. The Morgan fingerprint density at radius 1 is 1.56 bits per heavy atom. The lowest BCUT2D eigenvalue weighted by molar-refractivity contribution is 0.0953. The average Bonchev–Trinajstić information content (AvgIpc) is 2.94. The normalized spacial score (nSPS) is 10.0. The monoisotopic (exact) mass is 233 g/mol. The van der Waals surface area contributed by atoms with E-state index in [9.17, 15) is 4.79 Å². The molecule has 0 unspecified atom stereocenters. The number of rotatable bonds is 4. The summed E-state index contributed by atoms with van der Waals surface area (Å²) in [5.74, 6) is -0.172. The van der Waals surface area contributed by atoms with Crippen LogP contribution in [0.25, 0.3) is 5.13 Å². The third-order valence-electron chi connectivity index (χ3n) is 1.96. The lowest BCUT2D eigenvalue weighted by Crippen LogP contribution is -2.23. The quantitative estimate of drug-likeness (QED) is 0.819. The Kier molecular flexibility index (Phi) is 3.16. The molecule has 2 heterocycles. The molecular weight excluding hydrogens is 222 g/mol. The molecule has 1 N–H and O–H groups in total. The van der Waals surface area contributed by atoms with E-state index in [-0.39, 0.29) is 5.91 Å². The minimum atomic E-state index is -0.172. The summed E-state index contributed by atoms with van der Waals surface area (Å²) in [4.78, 5) is 15.8. The van der Waals surface area contributed by atoms with Crippen LogP contribution in [0.15, 0.2) is 42.6 Å². The molecule has 5 heteroatoms. The van der Waals surface area contributed by atoms with Crippen molar-refractivity contribution in [2.24, 2.45) is 0 Å². The van der Waals surface area contributed by atoms with Crippen LogP contribution in [-0.4, -0.2) is 22.0 Å². The Bertz CT molecular complexity index is 487. The molecule has 0 atom stereocenters. The van der Waals surface area contributed by atoms with E-state index in [4.69, 9.17) is 0 Å². The van der Waals surface area contributed by atoms with Gasteiger partial charge in [0, 0.05) is 24.3 Å². The van der Waals surface area contributed by atoms with E-state index in [0.717, 1.165) is 5.13 Å². The van der Waals surface area contributed by atoms with Crippen molar-refractivity contribution in [3.8, 4) is 5.13 Å². The highest BCUT2D eigenvalue weighted by Gasteiger charge is 2.09. The van der Waals surface area contributed by atoms with Crippen molar-refractivity contribution in [3.05, 3.63) is 48.3 Å². The van der Waals surface area contributed by atoms with E-state index in [0.29, 0.717) is 12.2 Å². The zero-order valence-electron chi connectivity index (χ0n) is 8.59. The van der Waals surface area contributed by atoms with Crippen molar-refractivity contribution in [2.75, 3.05) is 6.54 Å². The Labute approximate surface area is 97.2 Å². The zero-order valence-corrected chi connectivity index (χ0v) is 9.41. The molecule has 0 radical (unpaired) electrons. The minimum Gasteiger partial charge on any atom is -0.347 e. The number of hydrogen-bond donors (Lipinski definition) is 1. The largest absolute Gasteiger partial charge is 0.347 e. The Morgan fingerprint density at radius 2 is 2.31 bits per heavy atom. The standard InChI is InChI=1S/C11H11N3OS/c1-2-5-12-10(15)9-8-16-11(13-9)14-6-3-4-7-14/h2-4,6-8H,1,5H2,(H,12,15). The van der Waals surface area contributed by atoms with Crippen molar-refractivity contribution in [2.45, 2.75) is 0 Å². The number of amides is 1. The molecule has 0 aliphatic heterocycles. The predicted molar refractivity (Wildman–Crippen MR) is 64.0 cm³/mol. The molecule has 0 bridgehead atoms. The molecule has 4 nitrogen and oxygen atoms in total. The smallest absolute Gasteiger partial charge is 0.271 e. The highest BCUT2D eigenvalue weighted by molar-refractivity contribution is 7.12. The fourth-order valence-corrected chi connectivity index (χ4v) is 1.98. The van der Waals surface area contributed by atoms with E-state index in [1.807, 2.05) is 29.1 Å². The molecular formula is C11H11N3OS. The fraction of sp³-hybridized carbons (Fsp3) is 0.0909. The number of carbonyl (C=O) groups excluding carboxylic acids is 1. The number of nitrogens with one attached hydrogen (secondary N) is 1. The molecule has 0 aliphatic rings. The summed E-state index contributed by atoms with van der Waals surface area (Å²) in [5, 5.41) is 5.21. The maximum Gasteiger partial charge on any atom is 0.271 e. The highest BCUT2D eigenvalue weighted by Crippen LogP contribution is 2.14. The van der Waals surface area contributed by atoms with Crippen molar-refractivity contribution in [1.82, 2.24) is 14.9 Å². The topological polar surface area (TPSA) is 46.9 Å². The lowest BCUT2D eigenvalue weighted by Gasteiger charge is -1.97. The molecule has 0 saturated carbocycles. The number of hydrogen-bond acceptors (Lipinski definition) is 3. The van der Waals surface area contributed by atoms with E-state index >= 15 is 0 Å². The van der Waals surface area contributed by atoms with Crippen molar-refractivity contribution in [1.29, 1.82) is 0 Å². The first-order valence-corrected chi connectivity index (χ1v) is 5.67. The van der Waals surface area contributed by atoms with Gasteiger partial charge < -0.3 is 9.88 Å². The van der Waals surface area contributed by atoms with Gasteiger partial charge in [0.05, 0.1) is 0 Å². The Morgan fingerprint density at radius 3 is 3.00 bits per heavy atom. The van der Waals surface area contributed by atoms with Gasteiger partial charge in [0.15, 0.2) is 5.13 Å². The summed E-state index contributed by atoms with van der Waals surface area (Å²) < 4.78 is 1.87. The second-order valence-electron chi connectivity index (χ2n) is 3.10. The second-order valence-corrected chi connectivity index (χ2v) is 3.94. The highest BCUT2D eigenvalue weighted by atomic mass is 32.1. The maximum absolute atomic E-state index is 11.6. The van der Waals surface area contributed by atoms with Crippen LogP contribution < -0.4 is 5.32 Å². The van der Waals surface area contributed by atoms with Crippen LogP contribution in [0.1, 0.15) is 10.5 Å². The summed E-state index contributed by atoms with van der Waals surface area (Å²) in [5.41, 5.74) is 0.440. The number of carbonyl (C=O) groups is 1. The molecule has 0 fully saturated rings. The minimum absolute atomic E-state index is 0.172. The van der Waals surface area contributed by atoms with Crippen molar-refractivity contribution >= 4 is 17.2 Å². The average molecular weight is 233 g/mol. The first kappa shape index (κ1) is 10.6. The maximum atomic E-state index is 11.6. The number of thiazole rings is 1. The predicted octanol–water partition coefficient (Wildman–Crippen LogP) is 1.85. The van der Waals surface area contributed by atoms with Crippen molar-refractivity contribution in [3.63, 3.8) is 0 Å². The van der Waals surface area contributed by atoms with Crippen LogP contribution >= 0.6 is 11.3 Å². The van der Waals surface area contributed by atoms with Gasteiger partial charge >= 0.3 is 0 Å². The van der Waals surface area contributed by atoms with Crippen LogP contribution in [0.2, 0.25) is 0 Å². The van der Waals surface area contributed by atoms with E-state index in [1.165, 1.54) is 11.3 Å². The van der Waals surface area contributed by atoms with Crippen LogP contribution in [0.3, 0.4) is 0 Å². The van der Waals surface area contributed by atoms with Gasteiger partial charge in [-0.25, -0.2) is 4.98 Å². The summed E-state index contributed by atoms with van der Waals surface area (Å²) >= 11 is 1.43. The molecule has 16 heavy (non-hydrogen) atoms. The fourth-order valence-electron chi connectivity index (χ4n) is 1.20. The van der Waals surface area contributed by atoms with E-state index in [2.05, 4.69) is 16.9 Å². The first-order chi connectivity index (χ1) is 7.81. The molecule has 0 aromatic carbocycles. The van der Waals surface area contributed by atoms with Crippen LogP contribution in [0.4, 0.5) is 0 Å². The van der Waals surface area contributed by atoms with Crippen LogP contribution in [0.5, 0.6) is 0 Å². The van der Waals surface area contributed by atoms with Gasteiger partial charge in [0.2, 0.25) is 0 Å². The molecule has 2 aromatic rings. The van der Waals surface area contributed by atoms with Crippen LogP contribution in [-0.2, 0) is 0 Å². The molecule has 1 amide bonds. The second kappa shape index (κ2) is 4.76. The zero-order chi connectivity index (χ0) is 11.4. The van der Waals surface area contributed by atoms with Gasteiger partial charge in [0.25, 0.3) is 5.91 Å². The van der Waals surface area contributed by atoms with Gasteiger partial charge in [-0.2, -0.15) is 0 Å². The molecule has 0 saturated heterocycles. The van der Waals surface area contributed by atoms with Crippen LogP contribution in [0, 0.1) is 0 Å². The van der Waals surface area contributed by atoms with Gasteiger partial charge in [0.1, 0.15) is 5.69 Å². The number of nitrogens with zero attached hydrogens (tertiary/aromatic N) is 2. The summed E-state index contributed by atoms with van der Waals surface area (Å²) in [6.07, 6.45) is 5.42. The van der Waals surface area contributed by atoms with E-state index in [1.54, 1.807) is 11.5 Å². The summed E-state index contributed by atoms with van der Waals surface area (Å²) in [6.45, 7) is 3.99. The van der Waals surface area contributed by atoms with E-state index < -0.39 is 0 Å². The summed E-state index contributed by atoms with van der Waals surface area (Å²) in [6, 6.07) is 3.83.